The van der Waals surface area contributed by atoms with Crippen molar-refractivity contribution in [1.29, 1.82) is 0 Å². The highest BCUT2D eigenvalue weighted by Crippen LogP contribution is 2.33. The number of carbonyl (C=O) groups excluding carboxylic acids is 1. The summed E-state index contributed by atoms with van der Waals surface area (Å²) in [5, 5.41) is 13.6. The van der Waals surface area contributed by atoms with Crippen LogP contribution >= 0.6 is 11.6 Å². The normalized spacial score (nSPS) is 15.9. The molecule has 0 bridgehead atoms. The van der Waals surface area contributed by atoms with Gasteiger partial charge >= 0.3 is 0 Å². The maximum atomic E-state index is 12.0. The Morgan fingerprint density at radius 1 is 1.58 bits per heavy atom. The first-order valence-corrected chi connectivity index (χ1v) is 6.60. The van der Waals surface area contributed by atoms with Crippen molar-refractivity contribution >= 4 is 23.2 Å². The van der Waals surface area contributed by atoms with E-state index >= 15 is 0 Å². The molecular formula is C13H15ClN2O3. The summed E-state index contributed by atoms with van der Waals surface area (Å²) in [5.41, 5.74) is 0.0166. The number of hydrogen-bond donors (Lipinski definition) is 1. The number of hydrogen-bond acceptors (Lipinski definition) is 3. The van der Waals surface area contributed by atoms with Gasteiger partial charge in [-0.25, -0.2) is 0 Å². The van der Waals surface area contributed by atoms with E-state index in [1.807, 2.05) is 6.92 Å². The average molecular weight is 283 g/mol. The third-order valence-corrected chi connectivity index (χ3v) is 3.49. The highest BCUT2D eigenvalue weighted by Gasteiger charge is 2.24. The quantitative estimate of drug-likeness (QED) is 0.666. The van der Waals surface area contributed by atoms with Crippen molar-refractivity contribution in [2.24, 2.45) is 5.92 Å². The lowest BCUT2D eigenvalue weighted by molar-refractivity contribution is -0.384. The number of amides is 1. The Morgan fingerprint density at radius 2 is 2.26 bits per heavy atom. The van der Waals surface area contributed by atoms with Crippen molar-refractivity contribution in [2.75, 3.05) is 0 Å². The zero-order valence-electron chi connectivity index (χ0n) is 10.6. The molecule has 2 rings (SSSR count). The molecule has 1 atom stereocenters. The van der Waals surface area contributed by atoms with E-state index in [1.54, 1.807) is 0 Å². The second-order valence-electron chi connectivity index (χ2n) is 4.98. The molecule has 0 aromatic heterocycles. The number of nitrogens with one attached hydrogen (secondary N) is 1. The van der Waals surface area contributed by atoms with Gasteiger partial charge in [0.1, 0.15) is 5.02 Å². The molecule has 1 N–H and O–H groups in total. The van der Waals surface area contributed by atoms with Crippen molar-refractivity contribution in [3.63, 3.8) is 0 Å². The average Bonchev–Trinajstić information content (AvgIpc) is 3.12. The van der Waals surface area contributed by atoms with Crippen LogP contribution in [0, 0.1) is 16.0 Å². The summed E-state index contributed by atoms with van der Waals surface area (Å²) < 4.78 is 0. The fourth-order valence-electron chi connectivity index (χ4n) is 2.01. The van der Waals surface area contributed by atoms with Gasteiger partial charge in [-0.05, 0) is 31.4 Å². The minimum Gasteiger partial charge on any atom is -0.350 e. The van der Waals surface area contributed by atoms with E-state index in [2.05, 4.69) is 5.32 Å². The summed E-state index contributed by atoms with van der Waals surface area (Å²) in [4.78, 5) is 22.1. The zero-order chi connectivity index (χ0) is 14.0. The van der Waals surface area contributed by atoms with Crippen LogP contribution in [0.25, 0.3) is 0 Å². The van der Waals surface area contributed by atoms with Crippen molar-refractivity contribution in [3.8, 4) is 0 Å². The van der Waals surface area contributed by atoms with E-state index in [9.17, 15) is 14.9 Å². The molecule has 1 amide bonds. The molecule has 1 aliphatic carbocycles. The van der Waals surface area contributed by atoms with Gasteiger partial charge in [0, 0.05) is 17.7 Å². The van der Waals surface area contributed by atoms with Gasteiger partial charge in [-0.3, -0.25) is 14.9 Å². The highest BCUT2D eigenvalue weighted by molar-refractivity contribution is 6.32. The monoisotopic (exact) mass is 282 g/mol. The molecule has 1 aromatic carbocycles. The Labute approximate surface area is 116 Å². The first-order chi connectivity index (χ1) is 8.97. The number of nitrogens with zero attached hydrogens (tertiary/aromatic N) is 1. The Balaban J connectivity index is 2.05. The molecule has 102 valence electrons. The van der Waals surface area contributed by atoms with Crippen molar-refractivity contribution < 1.29 is 9.72 Å². The second-order valence-corrected chi connectivity index (χ2v) is 5.38. The molecule has 5 nitrogen and oxygen atoms in total. The van der Waals surface area contributed by atoms with E-state index in [0.717, 1.165) is 12.3 Å². The molecule has 1 saturated carbocycles. The maximum Gasteiger partial charge on any atom is 0.288 e. The predicted octanol–water partition coefficient (Wildman–Crippen LogP) is 3.17. The van der Waals surface area contributed by atoms with Crippen LogP contribution in [0.15, 0.2) is 18.2 Å². The summed E-state index contributed by atoms with van der Waals surface area (Å²) in [7, 11) is 0. The van der Waals surface area contributed by atoms with Crippen LogP contribution in [0.3, 0.4) is 0 Å². The molecule has 1 aromatic rings. The minimum absolute atomic E-state index is 0.0348. The molecule has 19 heavy (non-hydrogen) atoms. The van der Waals surface area contributed by atoms with Crippen LogP contribution in [0.4, 0.5) is 5.69 Å². The Bertz CT molecular complexity index is 515. The number of benzene rings is 1. The molecule has 1 aliphatic rings. The number of carbonyl (C=O) groups is 1. The Kier molecular flexibility index (Phi) is 4.04. The molecule has 1 unspecified atom stereocenters. The van der Waals surface area contributed by atoms with E-state index in [-0.39, 0.29) is 28.2 Å². The van der Waals surface area contributed by atoms with Crippen LogP contribution in [-0.2, 0) is 0 Å². The van der Waals surface area contributed by atoms with Crippen LogP contribution in [-0.4, -0.2) is 16.9 Å². The van der Waals surface area contributed by atoms with Crippen LogP contribution in [0.1, 0.15) is 36.5 Å². The topological polar surface area (TPSA) is 72.2 Å². The van der Waals surface area contributed by atoms with Gasteiger partial charge in [0.15, 0.2) is 0 Å². The standard InChI is InChI=1S/C13H15ClN2O3/c1-8(6-9-2-3-9)15-13(17)10-4-5-11(14)12(7-10)16(18)19/h4-5,7-9H,2-3,6H2,1H3,(H,15,17). The van der Waals surface area contributed by atoms with Gasteiger partial charge in [-0.2, -0.15) is 0 Å². The summed E-state index contributed by atoms with van der Waals surface area (Å²) >= 11 is 5.71. The fraction of sp³-hybridized carbons (Fsp3) is 0.462. The van der Waals surface area contributed by atoms with Crippen LogP contribution in [0.2, 0.25) is 5.02 Å². The van der Waals surface area contributed by atoms with E-state index < -0.39 is 4.92 Å². The number of nitro groups is 1. The summed E-state index contributed by atoms with van der Waals surface area (Å²) in [6.07, 6.45) is 3.42. The number of halogens is 1. The Hall–Kier alpha value is -1.62. The lowest BCUT2D eigenvalue weighted by atomic mass is 10.1. The van der Waals surface area contributed by atoms with Gasteiger partial charge in [-0.1, -0.05) is 24.4 Å². The first-order valence-electron chi connectivity index (χ1n) is 6.22. The molecule has 0 radical (unpaired) electrons. The molecule has 0 saturated heterocycles. The van der Waals surface area contributed by atoms with Gasteiger partial charge in [0.2, 0.25) is 0 Å². The predicted molar refractivity (Wildman–Crippen MR) is 72.4 cm³/mol. The molecule has 1 fully saturated rings. The molecule has 6 heteroatoms. The lowest BCUT2D eigenvalue weighted by Gasteiger charge is -2.13. The summed E-state index contributed by atoms with van der Waals surface area (Å²) in [6.45, 7) is 1.94. The zero-order valence-corrected chi connectivity index (χ0v) is 11.3. The fourth-order valence-corrected chi connectivity index (χ4v) is 2.20. The third kappa shape index (κ3) is 3.67. The van der Waals surface area contributed by atoms with Gasteiger partial charge in [0.05, 0.1) is 4.92 Å². The molecule has 0 heterocycles. The number of rotatable bonds is 5. The SMILES string of the molecule is CC(CC1CC1)NC(=O)c1ccc(Cl)c([N+](=O)[O-])c1. The maximum absolute atomic E-state index is 12.0. The highest BCUT2D eigenvalue weighted by atomic mass is 35.5. The first kappa shape index (κ1) is 13.8. The van der Waals surface area contributed by atoms with Gasteiger partial charge < -0.3 is 5.32 Å². The van der Waals surface area contributed by atoms with Gasteiger partial charge in [-0.15, -0.1) is 0 Å². The molecular weight excluding hydrogens is 268 g/mol. The van der Waals surface area contributed by atoms with Crippen LogP contribution < -0.4 is 5.32 Å². The number of nitro benzene ring substituents is 1. The van der Waals surface area contributed by atoms with E-state index in [1.165, 1.54) is 31.0 Å². The molecule has 0 spiro atoms. The summed E-state index contributed by atoms with van der Waals surface area (Å²) in [6, 6.07) is 4.16. The van der Waals surface area contributed by atoms with Crippen molar-refractivity contribution in [1.82, 2.24) is 5.32 Å². The van der Waals surface area contributed by atoms with Crippen molar-refractivity contribution in [3.05, 3.63) is 38.9 Å². The minimum atomic E-state index is -0.591. The van der Waals surface area contributed by atoms with Gasteiger partial charge in [0.25, 0.3) is 11.6 Å². The third-order valence-electron chi connectivity index (χ3n) is 3.17. The second kappa shape index (κ2) is 5.57. The smallest absolute Gasteiger partial charge is 0.288 e. The summed E-state index contributed by atoms with van der Waals surface area (Å²) in [5.74, 6) is 0.419. The Morgan fingerprint density at radius 3 is 2.84 bits per heavy atom. The van der Waals surface area contributed by atoms with E-state index in [4.69, 9.17) is 11.6 Å². The molecule has 0 aliphatic heterocycles. The lowest BCUT2D eigenvalue weighted by Crippen LogP contribution is -2.32. The van der Waals surface area contributed by atoms with Crippen LogP contribution in [0.5, 0.6) is 0 Å². The van der Waals surface area contributed by atoms with E-state index in [0.29, 0.717) is 0 Å². The van der Waals surface area contributed by atoms with Crippen molar-refractivity contribution in [2.45, 2.75) is 32.2 Å². The largest absolute Gasteiger partial charge is 0.350 e.